The van der Waals surface area contributed by atoms with Crippen molar-refractivity contribution in [1.29, 1.82) is 0 Å². The first-order valence-corrected chi connectivity index (χ1v) is 12.6. The number of piperidine rings is 1. The molecule has 0 bridgehead atoms. The molecule has 2 amide bonds. The van der Waals surface area contributed by atoms with Gasteiger partial charge in [0.15, 0.2) is 0 Å². The second-order valence-electron chi connectivity index (χ2n) is 9.11. The lowest BCUT2D eigenvalue weighted by Gasteiger charge is -2.32. The van der Waals surface area contributed by atoms with Crippen LogP contribution in [0, 0.1) is 11.8 Å². The molecule has 6 nitrogen and oxygen atoms in total. The lowest BCUT2D eigenvalue weighted by molar-refractivity contribution is -0.139. The van der Waals surface area contributed by atoms with Crippen LogP contribution >= 0.6 is 34.8 Å². The van der Waals surface area contributed by atoms with E-state index in [1.165, 1.54) is 0 Å². The average Bonchev–Trinajstić information content (AvgIpc) is 3.27. The molecule has 1 aromatic carbocycles. The third kappa shape index (κ3) is 5.61. The molecule has 4 rings (SSSR count). The molecule has 2 fully saturated rings. The van der Waals surface area contributed by atoms with Gasteiger partial charge in [0.25, 0.3) is 0 Å². The van der Waals surface area contributed by atoms with E-state index in [1.807, 2.05) is 28.9 Å². The van der Waals surface area contributed by atoms with Crippen LogP contribution in [-0.2, 0) is 9.59 Å². The number of nitrogens with zero attached hydrogens (tertiary/aromatic N) is 3. The summed E-state index contributed by atoms with van der Waals surface area (Å²) in [6.45, 7) is 5.99. The highest BCUT2D eigenvalue weighted by Crippen LogP contribution is 2.39. The number of halogens is 3. The molecule has 2 aromatic rings. The Bertz CT molecular complexity index is 1040. The Balaban J connectivity index is 1.52. The van der Waals surface area contributed by atoms with Gasteiger partial charge in [-0.3, -0.25) is 9.59 Å². The van der Waals surface area contributed by atoms with Crippen LogP contribution in [0.3, 0.4) is 0 Å². The Labute approximate surface area is 215 Å². The molecule has 3 atom stereocenters. The third-order valence-corrected chi connectivity index (χ3v) is 7.91. The fourth-order valence-electron chi connectivity index (χ4n) is 4.99. The molecular weight excluding hydrogens is 497 g/mol. The van der Waals surface area contributed by atoms with Crippen LogP contribution in [0.4, 0.5) is 0 Å². The van der Waals surface area contributed by atoms with Gasteiger partial charge in [-0.05, 0) is 43.5 Å². The number of carbonyl (C=O) groups is 2. The second kappa shape index (κ2) is 10.7. The number of benzene rings is 1. The average molecular weight is 525 g/mol. The van der Waals surface area contributed by atoms with Gasteiger partial charge in [0.2, 0.25) is 17.7 Å². The zero-order chi connectivity index (χ0) is 24.4. The van der Waals surface area contributed by atoms with Gasteiger partial charge in [-0.1, -0.05) is 40.9 Å². The van der Waals surface area contributed by atoms with Gasteiger partial charge in [0, 0.05) is 63.1 Å². The molecular formula is C25H28Cl3N3O3. The van der Waals surface area contributed by atoms with E-state index in [0.717, 1.165) is 5.56 Å². The maximum atomic E-state index is 13.4. The molecule has 0 saturated carbocycles. The van der Waals surface area contributed by atoms with Gasteiger partial charge >= 0.3 is 0 Å². The SMILES string of the molecule is CC(=O)N1CCC(C(=O)N2C[C@H]([C@@H](C)Oc3ccc(Cl)cn3)[C@@H](c3ccc(Cl)c(Cl)c3)C2)CC1. The Morgan fingerprint density at radius 2 is 1.76 bits per heavy atom. The molecule has 9 heteroatoms. The molecule has 0 radical (unpaired) electrons. The number of rotatable bonds is 5. The standard InChI is InChI=1S/C25H28Cl3N3O3/c1-15(34-24-6-4-19(26)12-29-24)20-13-31(14-21(20)18-3-5-22(27)23(28)11-18)25(33)17-7-9-30(10-8-17)16(2)32/h3-6,11-12,15,17,20-21H,7-10,13-14H2,1-2H3/t15-,20-,21-/m1/s1. The number of likely N-dealkylation sites (tertiary alicyclic amines) is 2. The Hall–Kier alpha value is -2.02. The molecule has 34 heavy (non-hydrogen) atoms. The van der Waals surface area contributed by atoms with Crippen molar-refractivity contribution in [3.05, 3.63) is 57.2 Å². The van der Waals surface area contributed by atoms with Crippen LogP contribution < -0.4 is 4.74 Å². The normalized spacial score (nSPS) is 22.0. The van der Waals surface area contributed by atoms with Crippen molar-refractivity contribution < 1.29 is 14.3 Å². The number of carbonyl (C=O) groups excluding carboxylic acids is 2. The molecule has 3 heterocycles. The Morgan fingerprint density at radius 1 is 1.03 bits per heavy atom. The topological polar surface area (TPSA) is 62.7 Å². The number of amides is 2. The minimum absolute atomic E-state index is 0.0379. The molecule has 2 saturated heterocycles. The molecule has 0 aliphatic carbocycles. The highest BCUT2D eigenvalue weighted by atomic mass is 35.5. The predicted molar refractivity (Wildman–Crippen MR) is 134 cm³/mol. The van der Waals surface area contributed by atoms with Crippen LogP contribution in [0.15, 0.2) is 36.5 Å². The predicted octanol–water partition coefficient (Wildman–Crippen LogP) is 5.31. The highest BCUT2D eigenvalue weighted by Gasteiger charge is 2.42. The van der Waals surface area contributed by atoms with Crippen LogP contribution in [0.2, 0.25) is 15.1 Å². The molecule has 0 N–H and O–H groups in total. The number of aromatic nitrogens is 1. The molecule has 0 spiro atoms. The summed E-state index contributed by atoms with van der Waals surface area (Å²) >= 11 is 18.4. The smallest absolute Gasteiger partial charge is 0.225 e. The van der Waals surface area contributed by atoms with E-state index in [0.29, 0.717) is 60.0 Å². The van der Waals surface area contributed by atoms with Crippen LogP contribution in [0.1, 0.15) is 38.2 Å². The van der Waals surface area contributed by atoms with E-state index >= 15 is 0 Å². The summed E-state index contributed by atoms with van der Waals surface area (Å²) in [4.78, 5) is 33.1. The van der Waals surface area contributed by atoms with Gasteiger partial charge < -0.3 is 14.5 Å². The number of hydrogen-bond donors (Lipinski definition) is 0. The van der Waals surface area contributed by atoms with Crippen molar-refractivity contribution in [2.45, 2.75) is 38.7 Å². The first kappa shape index (κ1) is 25.1. The van der Waals surface area contributed by atoms with E-state index in [2.05, 4.69) is 4.98 Å². The molecule has 2 aliphatic rings. The summed E-state index contributed by atoms with van der Waals surface area (Å²) in [5.74, 6) is 0.708. The molecule has 0 unspecified atom stereocenters. The van der Waals surface area contributed by atoms with Crippen LogP contribution in [-0.4, -0.2) is 58.9 Å². The van der Waals surface area contributed by atoms with Crippen molar-refractivity contribution in [1.82, 2.24) is 14.8 Å². The molecule has 1 aromatic heterocycles. The first-order valence-electron chi connectivity index (χ1n) is 11.5. The molecule has 182 valence electrons. The van der Waals surface area contributed by atoms with Gasteiger partial charge in [0.05, 0.1) is 15.1 Å². The minimum Gasteiger partial charge on any atom is -0.474 e. The van der Waals surface area contributed by atoms with E-state index < -0.39 is 0 Å². The number of ether oxygens (including phenoxy) is 1. The minimum atomic E-state index is -0.203. The Kier molecular flexibility index (Phi) is 7.90. The number of pyridine rings is 1. The Morgan fingerprint density at radius 3 is 2.38 bits per heavy atom. The van der Waals surface area contributed by atoms with E-state index in [4.69, 9.17) is 39.5 Å². The van der Waals surface area contributed by atoms with Crippen LogP contribution in [0.25, 0.3) is 0 Å². The highest BCUT2D eigenvalue weighted by molar-refractivity contribution is 6.42. The quantitative estimate of drug-likeness (QED) is 0.532. The van der Waals surface area contributed by atoms with Crippen molar-refractivity contribution in [2.24, 2.45) is 11.8 Å². The monoisotopic (exact) mass is 523 g/mol. The third-order valence-electron chi connectivity index (χ3n) is 6.95. The van der Waals surface area contributed by atoms with E-state index in [1.54, 1.807) is 31.3 Å². The fraction of sp³-hybridized carbons (Fsp3) is 0.480. The maximum absolute atomic E-state index is 13.4. The largest absolute Gasteiger partial charge is 0.474 e. The summed E-state index contributed by atoms with van der Waals surface area (Å²) in [5, 5.41) is 1.54. The van der Waals surface area contributed by atoms with Gasteiger partial charge in [-0.15, -0.1) is 0 Å². The summed E-state index contributed by atoms with van der Waals surface area (Å²) < 4.78 is 6.16. The van der Waals surface area contributed by atoms with Crippen LogP contribution in [0.5, 0.6) is 5.88 Å². The maximum Gasteiger partial charge on any atom is 0.225 e. The zero-order valence-electron chi connectivity index (χ0n) is 19.2. The summed E-state index contributed by atoms with van der Waals surface area (Å²) in [5.41, 5.74) is 1.03. The van der Waals surface area contributed by atoms with Crippen molar-refractivity contribution in [2.75, 3.05) is 26.2 Å². The van der Waals surface area contributed by atoms with E-state index in [-0.39, 0.29) is 35.7 Å². The van der Waals surface area contributed by atoms with Crippen molar-refractivity contribution in [3.8, 4) is 5.88 Å². The number of hydrogen-bond acceptors (Lipinski definition) is 4. The summed E-state index contributed by atoms with van der Waals surface area (Å²) in [6, 6.07) is 9.13. The molecule has 2 aliphatic heterocycles. The lowest BCUT2D eigenvalue weighted by atomic mass is 9.86. The van der Waals surface area contributed by atoms with Gasteiger partial charge in [-0.25, -0.2) is 4.98 Å². The van der Waals surface area contributed by atoms with Crippen molar-refractivity contribution >= 4 is 46.6 Å². The first-order chi connectivity index (χ1) is 16.2. The van der Waals surface area contributed by atoms with Crippen molar-refractivity contribution in [3.63, 3.8) is 0 Å². The van der Waals surface area contributed by atoms with Gasteiger partial charge in [-0.2, -0.15) is 0 Å². The lowest BCUT2D eigenvalue weighted by Crippen LogP contribution is -2.43. The zero-order valence-corrected chi connectivity index (χ0v) is 21.5. The van der Waals surface area contributed by atoms with E-state index in [9.17, 15) is 9.59 Å². The fourth-order valence-corrected chi connectivity index (χ4v) is 5.41. The summed E-state index contributed by atoms with van der Waals surface area (Å²) in [6.07, 6.45) is 2.73. The van der Waals surface area contributed by atoms with Gasteiger partial charge in [0.1, 0.15) is 6.10 Å². The second-order valence-corrected chi connectivity index (χ2v) is 10.4. The summed E-state index contributed by atoms with van der Waals surface area (Å²) in [7, 11) is 0.